The summed E-state index contributed by atoms with van der Waals surface area (Å²) in [4.78, 5) is 117. The maximum atomic E-state index is 13.4. The molecule has 1 saturated heterocycles. The third kappa shape index (κ3) is 17.8. The molecule has 404 valence electrons. The number of aromatic carboxylic acids is 1. The Kier molecular flexibility index (Phi) is 19.6. The number of fused-ring (bicyclic) bond motifs is 2. The Morgan fingerprint density at radius 3 is 1.96 bits per heavy atom. The van der Waals surface area contributed by atoms with Gasteiger partial charge < -0.3 is 35.9 Å². The molecule has 3 unspecified atom stereocenters. The summed E-state index contributed by atoms with van der Waals surface area (Å²) in [5.74, 6) is -13.8. The maximum absolute atomic E-state index is 13.4. The molecule has 75 heavy (non-hydrogen) atoms. The fourth-order valence-corrected chi connectivity index (χ4v) is 9.90. The van der Waals surface area contributed by atoms with Gasteiger partial charge in [-0.15, -0.1) is 5.06 Å². The Hall–Kier alpha value is -7.51. The lowest BCUT2D eigenvalue weighted by Crippen LogP contribution is -2.77. The average Bonchev–Trinajstić information content (AvgIpc) is 3.61. The van der Waals surface area contributed by atoms with Crippen LogP contribution in [-0.2, 0) is 73.5 Å². The predicted octanol–water partition coefficient (Wildman–Crippen LogP) is -3.07. The summed E-state index contributed by atoms with van der Waals surface area (Å²) in [6.45, 7) is 0.980. The summed E-state index contributed by atoms with van der Waals surface area (Å²) in [5, 5.41) is 21.3. The van der Waals surface area contributed by atoms with Gasteiger partial charge in [0.1, 0.15) is 41.6 Å². The Morgan fingerprint density at radius 2 is 1.33 bits per heavy atom. The molecule has 9 N–H and O–H groups in total. The molecule has 27 nitrogen and oxygen atoms in total. The van der Waals surface area contributed by atoms with Gasteiger partial charge in [0.15, 0.2) is 11.6 Å². The van der Waals surface area contributed by atoms with Crippen molar-refractivity contribution in [3.8, 4) is 11.5 Å². The minimum absolute atomic E-state index is 0.0141. The first-order valence-corrected chi connectivity index (χ1v) is 27.4. The third-order valence-corrected chi connectivity index (χ3v) is 13.4. The molecule has 3 heterocycles. The van der Waals surface area contributed by atoms with Crippen LogP contribution in [0.4, 0.5) is 5.69 Å². The molecule has 0 aromatic heterocycles. The number of nitrogens with zero attached hydrogens (tertiary/aromatic N) is 1. The Bertz CT molecular complexity index is 3260. The number of carbonyl (C=O) groups excluding carboxylic acids is 8. The monoisotopic (exact) mass is 1110 g/mol. The normalized spacial score (nSPS) is 19.7. The van der Waals surface area contributed by atoms with Crippen LogP contribution < -0.4 is 41.6 Å². The number of hydrogen-bond donors (Lipinski definition) is 9. The fourth-order valence-electron chi connectivity index (χ4n) is 7.74. The van der Waals surface area contributed by atoms with Crippen LogP contribution >= 0.6 is 0 Å². The van der Waals surface area contributed by atoms with Gasteiger partial charge in [-0.05, 0) is 36.2 Å². The van der Waals surface area contributed by atoms with E-state index in [1.165, 1.54) is 6.07 Å². The number of nitrogens with one attached hydrogen (secondary N) is 5. The maximum Gasteiger partial charge on any atom is 0.336 e. The number of benzene rings is 3. The van der Waals surface area contributed by atoms with Crippen LogP contribution in [0.25, 0.3) is 5.57 Å². The molecular weight excluding hydrogens is 1060 g/mol. The van der Waals surface area contributed by atoms with E-state index in [0.29, 0.717) is 43.8 Å². The highest BCUT2D eigenvalue weighted by Crippen LogP contribution is 2.38. The summed E-state index contributed by atoms with van der Waals surface area (Å²) < 4.78 is 106. The predicted molar refractivity (Wildman–Crippen MR) is 256 cm³/mol. The van der Waals surface area contributed by atoms with E-state index in [4.69, 9.17) is 4.74 Å². The highest BCUT2D eigenvalue weighted by Gasteiger charge is 2.36. The lowest BCUT2D eigenvalue weighted by molar-refractivity contribution is -0.499. The number of Topliss-reactive ketones (excluding diaryl/α,β-unsaturated/α-hetero) is 2. The Morgan fingerprint density at radius 1 is 0.693 bits per heavy atom. The van der Waals surface area contributed by atoms with E-state index >= 15 is 0 Å². The van der Waals surface area contributed by atoms with Crippen molar-refractivity contribution in [3.63, 3.8) is 0 Å². The number of hydroxylamine groups is 2. The topological polar surface area (TPSA) is 421 Å². The van der Waals surface area contributed by atoms with Gasteiger partial charge in [-0.1, -0.05) is 18.2 Å². The second-order valence-electron chi connectivity index (χ2n) is 17.0. The first-order valence-electron chi connectivity index (χ1n) is 22.5. The lowest BCUT2D eigenvalue weighted by atomic mass is 9.89. The first-order chi connectivity index (χ1) is 35.1. The molecule has 1 fully saturated rings. The number of amides is 5. The Balaban J connectivity index is 0.000000837. The van der Waals surface area contributed by atoms with Crippen LogP contribution in [0.15, 0.2) is 60.7 Å². The van der Waals surface area contributed by atoms with Crippen molar-refractivity contribution in [1.29, 1.82) is 0 Å². The SMILES string of the molecule is CC(=O)ON1C(=O)CCC1=O.O=C1CC[NH+]=c2ccc3c(c2)Oc2cc(ccc2C=3c2ccccc2C(=O)O)NCCC(=O)NC(CS(=O)(=O)O)C(=O)CC(CS(=O)(=O)O)C(=O)NC(CS(=O)(=O)O)C(=O)CCCN1. The number of imide groups is 1. The van der Waals surface area contributed by atoms with Gasteiger partial charge in [-0.25, -0.2) is 14.6 Å². The zero-order chi connectivity index (χ0) is 55.4. The standard InChI is InChI=1S/C39H43N5O17S3.C6H7NO4/c45-31-6-3-13-42-35(47)11-14-40-23-7-9-27-33(17-23)61-34-18-24(8-10-28(34)37(27)25-4-1-2-5-26(25)39(50)51)41-15-12-36(48)43-30(21-64(58,59)60)32(46)16-22(19-62(52,53)54)38(49)44-29(31)20-63(55,56)57;1-4(8)11-7-5(9)2-3-6(7)10/h1-2,4-5,7-10,17-18,22,29-30,41H,3,6,11-16,19-21H2,(H,42,47)(H,43,48)(H,44,49)(H,50,51)(H,52,53,54)(H,55,56,57)(H,58,59,60);2-3H2,1H3/p+1. The van der Waals surface area contributed by atoms with Crippen LogP contribution in [0.3, 0.4) is 0 Å². The van der Waals surface area contributed by atoms with Crippen molar-refractivity contribution in [2.75, 3.05) is 42.2 Å². The van der Waals surface area contributed by atoms with Crippen LogP contribution in [0.2, 0.25) is 0 Å². The number of carboxylic acid groups (broad SMARTS) is 1. The largest absolute Gasteiger partial charge is 0.478 e. The quantitative estimate of drug-likeness (QED) is 0.0593. The van der Waals surface area contributed by atoms with E-state index in [2.05, 4.69) is 25.8 Å². The minimum atomic E-state index is -5.11. The van der Waals surface area contributed by atoms with E-state index in [0.717, 1.165) is 6.92 Å². The zero-order valence-corrected chi connectivity index (χ0v) is 42.0. The number of ketones is 2. The molecule has 3 atom stereocenters. The average molecular weight is 1110 g/mol. The van der Waals surface area contributed by atoms with E-state index < -0.39 is 138 Å². The smallest absolute Gasteiger partial charge is 0.336 e. The molecule has 3 aromatic rings. The molecule has 0 saturated carbocycles. The second kappa shape index (κ2) is 25.1. The summed E-state index contributed by atoms with van der Waals surface area (Å²) in [6.07, 6.45) is -2.07. The van der Waals surface area contributed by atoms with Crippen molar-refractivity contribution in [2.24, 2.45) is 5.92 Å². The molecule has 3 aliphatic rings. The van der Waals surface area contributed by atoms with Crippen LogP contribution in [-0.4, -0.2) is 151 Å². The van der Waals surface area contributed by atoms with Gasteiger partial charge in [0.2, 0.25) is 23.1 Å². The summed E-state index contributed by atoms with van der Waals surface area (Å²) >= 11 is 0. The van der Waals surface area contributed by atoms with Gasteiger partial charge in [0.25, 0.3) is 42.2 Å². The van der Waals surface area contributed by atoms with Crippen molar-refractivity contribution in [2.45, 2.75) is 64.0 Å². The number of hydrogen-bond acceptors (Lipinski definition) is 18. The van der Waals surface area contributed by atoms with E-state index in [-0.39, 0.29) is 56.6 Å². The van der Waals surface area contributed by atoms with Crippen LogP contribution in [0.1, 0.15) is 73.4 Å². The van der Waals surface area contributed by atoms with E-state index in [1.54, 1.807) is 54.6 Å². The zero-order valence-electron chi connectivity index (χ0n) is 39.6. The molecule has 0 spiro atoms. The highest BCUT2D eigenvalue weighted by molar-refractivity contribution is 7.86. The lowest BCUT2D eigenvalue weighted by Gasteiger charge is -2.23. The number of carboxylic acids is 1. The van der Waals surface area contributed by atoms with Gasteiger partial charge in [0.05, 0.1) is 29.7 Å². The van der Waals surface area contributed by atoms with Gasteiger partial charge in [0, 0.05) is 86.3 Å². The van der Waals surface area contributed by atoms with Gasteiger partial charge in [-0.3, -0.25) is 47.2 Å². The number of ether oxygens (including phenoxy) is 1. The van der Waals surface area contributed by atoms with E-state index in [9.17, 15) is 87.2 Å². The first kappa shape index (κ1) is 58.4. The molecule has 3 aliphatic heterocycles. The van der Waals surface area contributed by atoms with Crippen molar-refractivity contribution < 1.29 is 102 Å². The number of rotatable bonds is 9. The fraction of sp³-hybridized carbons (Fsp3) is 0.378. The van der Waals surface area contributed by atoms with Crippen molar-refractivity contribution in [3.05, 3.63) is 87.9 Å². The minimum Gasteiger partial charge on any atom is -0.478 e. The van der Waals surface area contributed by atoms with Crippen molar-refractivity contribution in [1.82, 2.24) is 21.0 Å². The molecule has 0 radical (unpaired) electrons. The summed E-state index contributed by atoms with van der Waals surface area (Å²) in [7, 11) is -15.1. The summed E-state index contributed by atoms with van der Waals surface area (Å²) in [6, 6.07) is 12.2. The number of anilines is 1. The second-order valence-corrected chi connectivity index (χ2v) is 21.5. The van der Waals surface area contributed by atoms with Crippen molar-refractivity contribution >= 4 is 94.7 Å². The molecule has 3 aromatic carbocycles. The molecule has 5 amide bonds. The summed E-state index contributed by atoms with van der Waals surface area (Å²) in [5.41, 5.74) is 1.84. The van der Waals surface area contributed by atoms with Crippen LogP contribution in [0, 0.1) is 5.92 Å². The highest BCUT2D eigenvalue weighted by atomic mass is 32.2. The molecule has 6 rings (SSSR count). The number of carbonyl (C=O) groups is 9. The van der Waals surface area contributed by atoms with Gasteiger partial charge in [-0.2, -0.15) is 25.3 Å². The third-order valence-electron chi connectivity index (χ3n) is 11.1. The van der Waals surface area contributed by atoms with E-state index in [1.807, 2.05) is 5.32 Å². The molecule has 0 aliphatic carbocycles. The molecular formula is C45H51N6O21S3+. The molecule has 30 heteroatoms. The molecule has 4 bridgehead atoms. The van der Waals surface area contributed by atoms with Gasteiger partial charge >= 0.3 is 11.9 Å². The Labute approximate surface area is 427 Å². The van der Waals surface area contributed by atoms with Crippen LogP contribution in [0.5, 0.6) is 11.5 Å².